The lowest BCUT2D eigenvalue weighted by Gasteiger charge is -2.36. The summed E-state index contributed by atoms with van der Waals surface area (Å²) in [4.78, 5) is 22.9. The smallest absolute Gasteiger partial charge is 0.410 e. The van der Waals surface area contributed by atoms with Crippen molar-refractivity contribution < 1.29 is 9.53 Å². The van der Waals surface area contributed by atoms with E-state index in [1.165, 1.54) is 0 Å². The van der Waals surface area contributed by atoms with Crippen LogP contribution in [-0.4, -0.2) is 44.9 Å². The number of aromatic nitrogens is 2. The molecule has 0 N–H and O–H groups in total. The summed E-state index contributed by atoms with van der Waals surface area (Å²) < 4.78 is 5.53. The Morgan fingerprint density at radius 2 is 2.09 bits per heavy atom. The highest BCUT2D eigenvalue weighted by atomic mass is 32.2. The van der Waals surface area contributed by atoms with Crippen molar-refractivity contribution in [2.24, 2.45) is 0 Å². The quantitative estimate of drug-likeness (QED) is 0.794. The molecule has 1 aliphatic heterocycles. The SMILES string of the molecule is Cc1nccnc1SC[C@H]1CCCCN1C(=O)OC(C)(C)C. The van der Waals surface area contributed by atoms with Crippen LogP contribution in [0.4, 0.5) is 4.79 Å². The minimum atomic E-state index is -0.451. The fourth-order valence-corrected chi connectivity index (χ4v) is 3.54. The molecule has 6 heteroatoms. The maximum atomic E-state index is 12.4. The zero-order valence-corrected chi connectivity index (χ0v) is 14.7. The maximum absolute atomic E-state index is 12.4. The molecule has 1 fully saturated rings. The molecule has 2 rings (SSSR count). The third-order valence-corrected chi connectivity index (χ3v) is 4.73. The molecule has 0 radical (unpaired) electrons. The monoisotopic (exact) mass is 323 g/mol. The number of ether oxygens (including phenoxy) is 1. The van der Waals surface area contributed by atoms with Crippen LogP contribution in [-0.2, 0) is 4.74 Å². The molecular formula is C16H25N3O2S. The standard InChI is InChI=1S/C16H25N3O2S/c1-12-14(18-9-8-17-12)22-11-13-7-5-6-10-19(13)15(20)21-16(2,3)4/h8-9,13H,5-7,10-11H2,1-4H3/t13-/m1/s1. The Morgan fingerprint density at radius 1 is 1.36 bits per heavy atom. The zero-order valence-electron chi connectivity index (χ0n) is 13.8. The molecule has 1 aromatic rings. The van der Waals surface area contributed by atoms with E-state index in [0.29, 0.717) is 0 Å². The normalized spacial score (nSPS) is 19.1. The number of rotatable bonds is 3. The van der Waals surface area contributed by atoms with Gasteiger partial charge in [0.05, 0.1) is 5.69 Å². The van der Waals surface area contributed by atoms with Crippen LogP contribution in [0.1, 0.15) is 45.7 Å². The van der Waals surface area contributed by atoms with Crippen LogP contribution in [0.3, 0.4) is 0 Å². The van der Waals surface area contributed by atoms with Gasteiger partial charge in [0.1, 0.15) is 10.6 Å². The molecular weight excluding hydrogens is 298 g/mol. The zero-order chi connectivity index (χ0) is 16.2. The Labute approximate surface area is 136 Å². The highest BCUT2D eigenvalue weighted by molar-refractivity contribution is 7.99. The summed E-state index contributed by atoms with van der Waals surface area (Å²) in [6, 6.07) is 0.204. The van der Waals surface area contributed by atoms with Crippen molar-refractivity contribution in [3.63, 3.8) is 0 Å². The van der Waals surface area contributed by atoms with Gasteiger partial charge < -0.3 is 9.64 Å². The molecule has 0 saturated carbocycles. The fraction of sp³-hybridized carbons (Fsp3) is 0.688. The molecule has 1 aromatic heterocycles. The lowest BCUT2D eigenvalue weighted by molar-refractivity contribution is 0.0126. The van der Waals surface area contributed by atoms with Crippen LogP contribution in [0.5, 0.6) is 0 Å². The molecule has 0 unspecified atom stereocenters. The number of nitrogens with zero attached hydrogens (tertiary/aromatic N) is 3. The van der Waals surface area contributed by atoms with E-state index in [9.17, 15) is 4.79 Å². The molecule has 0 bridgehead atoms. The van der Waals surface area contributed by atoms with E-state index in [-0.39, 0.29) is 12.1 Å². The number of piperidine rings is 1. The van der Waals surface area contributed by atoms with E-state index in [2.05, 4.69) is 9.97 Å². The number of aryl methyl sites for hydroxylation is 1. The van der Waals surface area contributed by atoms with Gasteiger partial charge in [-0.15, -0.1) is 11.8 Å². The number of hydrogen-bond acceptors (Lipinski definition) is 5. The number of carbonyl (C=O) groups is 1. The van der Waals surface area contributed by atoms with Gasteiger partial charge in [0.2, 0.25) is 0 Å². The summed E-state index contributed by atoms with van der Waals surface area (Å²) in [6.07, 6.45) is 6.43. The van der Waals surface area contributed by atoms with Crippen molar-refractivity contribution in [1.29, 1.82) is 0 Å². The highest BCUT2D eigenvalue weighted by Gasteiger charge is 2.30. The molecule has 0 aliphatic carbocycles. The van der Waals surface area contributed by atoms with Crippen LogP contribution in [0, 0.1) is 6.92 Å². The van der Waals surface area contributed by atoms with Crippen molar-refractivity contribution in [2.45, 2.75) is 63.6 Å². The van der Waals surface area contributed by atoms with E-state index in [1.807, 2.05) is 32.6 Å². The average molecular weight is 323 g/mol. The van der Waals surface area contributed by atoms with E-state index < -0.39 is 5.60 Å². The average Bonchev–Trinajstić information content (AvgIpc) is 2.45. The van der Waals surface area contributed by atoms with Gasteiger partial charge in [0.15, 0.2) is 0 Å². The first-order chi connectivity index (χ1) is 10.4. The van der Waals surface area contributed by atoms with Crippen LogP contribution < -0.4 is 0 Å². The molecule has 0 aromatic carbocycles. The van der Waals surface area contributed by atoms with E-state index in [1.54, 1.807) is 24.2 Å². The lowest BCUT2D eigenvalue weighted by Crippen LogP contribution is -2.47. The van der Waals surface area contributed by atoms with Gasteiger partial charge in [-0.3, -0.25) is 4.98 Å². The van der Waals surface area contributed by atoms with Crippen LogP contribution in [0.25, 0.3) is 0 Å². The van der Waals surface area contributed by atoms with Gasteiger partial charge in [-0.05, 0) is 47.0 Å². The predicted molar refractivity (Wildman–Crippen MR) is 88.1 cm³/mol. The molecule has 2 heterocycles. The largest absolute Gasteiger partial charge is 0.444 e. The second-order valence-electron chi connectivity index (χ2n) is 6.58. The Bertz CT molecular complexity index is 516. The lowest BCUT2D eigenvalue weighted by atomic mass is 10.0. The van der Waals surface area contributed by atoms with Gasteiger partial charge in [0.25, 0.3) is 0 Å². The summed E-state index contributed by atoms with van der Waals surface area (Å²) in [5.41, 5.74) is 0.486. The van der Waals surface area contributed by atoms with Crippen molar-refractivity contribution in [1.82, 2.24) is 14.9 Å². The third kappa shape index (κ3) is 4.87. The van der Waals surface area contributed by atoms with Gasteiger partial charge in [-0.25, -0.2) is 9.78 Å². The minimum Gasteiger partial charge on any atom is -0.444 e. The molecule has 0 spiro atoms. The molecule has 1 amide bonds. The van der Waals surface area contributed by atoms with Crippen LogP contribution in [0.15, 0.2) is 17.4 Å². The van der Waals surface area contributed by atoms with Gasteiger partial charge in [-0.1, -0.05) is 0 Å². The molecule has 1 atom stereocenters. The first kappa shape index (κ1) is 17.1. The summed E-state index contributed by atoms with van der Waals surface area (Å²) in [6.45, 7) is 8.45. The minimum absolute atomic E-state index is 0.200. The van der Waals surface area contributed by atoms with Gasteiger partial charge >= 0.3 is 6.09 Å². The second kappa shape index (κ2) is 7.31. The first-order valence-corrected chi connectivity index (χ1v) is 8.75. The van der Waals surface area contributed by atoms with E-state index >= 15 is 0 Å². The van der Waals surface area contributed by atoms with Crippen LogP contribution >= 0.6 is 11.8 Å². The summed E-state index contributed by atoms with van der Waals surface area (Å²) in [7, 11) is 0. The molecule has 5 nitrogen and oxygen atoms in total. The predicted octanol–water partition coefficient (Wildman–Crippen LogP) is 3.67. The van der Waals surface area contributed by atoms with E-state index in [4.69, 9.17) is 4.74 Å². The Balaban J connectivity index is 1.98. The first-order valence-electron chi connectivity index (χ1n) is 7.77. The van der Waals surface area contributed by atoms with Gasteiger partial charge in [-0.2, -0.15) is 0 Å². The number of likely N-dealkylation sites (tertiary alicyclic amines) is 1. The Morgan fingerprint density at radius 3 is 2.77 bits per heavy atom. The van der Waals surface area contributed by atoms with Crippen LogP contribution in [0.2, 0.25) is 0 Å². The summed E-state index contributed by atoms with van der Waals surface area (Å²) in [5.74, 6) is 0.832. The third-order valence-electron chi connectivity index (χ3n) is 3.50. The summed E-state index contributed by atoms with van der Waals surface area (Å²) >= 11 is 1.67. The topological polar surface area (TPSA) is 55.3 Å². The molecule has 22 heavy (non-hydrogen) atoms. The molecule has 122 valence electrons. The van der Waals surface area contributed by atoms with Crippen molar-refractivity contribution >= 4 is 17.9 Å². The Hall–Kier alpha value is -1.30. The number of carbonyl (C=O) groups excluding carboxylic acids is 1. The van der Waals surface area contributed by atoms with Gasteiger partial charge in [0, 0.05) is 30.7 Å². The highest BCUT2D eigenvalue weighted by Crippen LogP contribution is 2.26. The second-order valence-corrected chi connectivity index (χ2v) is 7.59. The fourth-order valence-electron chi connectivity index (χ4n) is 2.45. The number of thioether (sulfide) groups is 1. The van der Waals surface area contributed by atoms with Crippen molar-refractivity contribution in [3.05, 3.63) is 18.1 Å². The number of hydrogen-bond donors (Lipinski definition) is 0. The molecule has 1 aliphatic rings. The number of amides is 1. The summed E-state index contributed by atoms with van der Waals surface area (Å²) in [5, 5.41) is 0.942. The Kier molecular flexibility index (Phi) is 5.67. The van der Waals surface area contributed by atoms with E-state index in [0.717, 1.165) is 42.3 Å². The molecule has 1 saturated heterocycles. The maximum Gasteiger partial charge on any atom is 0.410 e. The van der Waals surface area contributed by atoms with Crippen molar-refractivity contribution in [3.8, 4) is 0 Å². The van der Waals surface area contributed by atoms with Crippen molar-refractivity contribution in [2.75, 3.05) is 12.3 Å².